The Morgan fingerprint density at radius 2 is 2.00 bits per heavy atom. The van der Waals surface area contributed by atoms with Crippen molar-refractivity contribution < 1.29 is 9.18 Å². The Labute approximate surface area is 128 Å². The van der Waals surface area contributed by atoms with E-state index in [0.29, 0.717) is 16.3 Å². The number of carbonyl (C=O) groups excluding carboxylic acids is 1. The van der Waals surface area contributed by atoms with Crippen LogP contribution in [0.4, 0.5) is 15.8 Å². The summed E-state index contributed by atoms with van der Waals surface area (Å²) in [7, 11) is 0. The largest absolute Gasteiger partial charge is 0.376 e. The van der Waals surface area contributed by atoms with Gasteiger partial charge in [0.25, 0.3) is 0 Å². The number of hydrogen-bond acceptors (Lipinski definition) is 2. The summed E-state index contributed by atoms with van der Waals surface area (Å²) in [5.41, 5.74) is 2.66. The summed E-state index contributed by atoms with van der Waals surface area (Å²) in [5.74, 6) is -0.593. The van der Waals surface area contributed by atoms with Gasteiger partial charge in [-0.15, -0.1) is 0 Å². The second-order valence-electron chi connectivity index (χ2n) is 4.78. The van der Waals surface area contributed by atoms with Gasteiger partial charge in [-0.25, -0.2) is 4.39 Å². The van der Waals surface area contributed by atoms with Crippen molar-refractivity contribution in [3.05, 3.63) is 58.4 Å². The first-order valence-electron chi connectivity index (χ1n) is 6.52. The zero-order valence-electron chi connectivity index (χ0n) is 11.8. The summed E-state index contributed by atoms with van der Waals surface area (Å²) in [6.45, 7) is 3.62. The Hall–Kier alpha value is -2.07. The van der Waals surface area contributed by atoms with E-state index < -0.39 is 0 Å². The number of hydrogen-bond donors (Lipinski definition) is 2. The fourth-order valence-corrected chi connectivity index (χ4v) is 2.02. The SMILES string of the molecule is Cc1ccc(NC(=O)CNc2cccc(Cl)c2C)cc1F. The fraction of sp³-hybridized carbons (Fsp3) is 0.188. The smallest absolute Gasteiger partial charge is 0.243 e. The van der Waals surface area contributed by atoms with Crippen LogP contribution in [0.25, 0.3) is 0 Å². The van der Waals surface area contributed by atoms with Gasteiger partial charge in [0.15, 0.2) is 0 Å². The van der Waals surface area contributed by atoms with Crippen molar-refractivity contribution in [2.45, 2.75) is 13.8 Å². The maximum absolute atomic E-state index is 13.4. The molecule has 0 fully saturated rings. The predicted octanol–water partition coefficient (Wildman–Crippen LogP) is 4.15. The van der Waals surface area contributed by atoms with Gasteiger partial charge in [-0.05, 0) is 49.2 Å². The predicted molar refractivity (Wildman–Crippen MR) is 84.4 cm³/mol. The lowest BCUT2D eigenvalue weighted by atomic mass is 10.2. The van der Waals surface area contributed by atoms with Crippen LogP contribution in [0.2, 0.25) is 5.02 Å². The van der Waals surface area contributed by atoms with Crippen LogP contribution in [0.15, 0.2) is 36.4 Å². The molecule has 2 aromatic rings. The molecule has 0 heterocycles. The molecule has 5 heteroatoms. The van der Waals surface area contributed by atoms with Crippen LogP contribution in [0.5, 0.6) is 0 Å². The Balaban J connectivity index is 1.96. The molecule has 0 spiro atoms. The van der Waals surface area contributed by atoms with Crippen LogP contribution >= 0.6 is 11.6 Å². The number of anilines is 2. The quantitative estimate of drug-likeness (QED) is 0.891. The number of carbonyl (C=O) groups is 1. The van der Waals surface area contributed by atoms with Crippen molar-refractivity contribution >= 4 is 28.9 Å². The molecule has 3 nitrogen and oxygen atoms in total. The molecule has 2 aromatic carbocycles. The molecule has 0 saturated carbocycles. The lowest BCUT2D eigenvalue weighted by Crippen LogP contribution is -2.22. The minimum absolute atomic E-state index is 0.0800. The standard InChI is InChI=1S/C16H16ClFN2O/c1-10-6-7-12(8-14(10)18)20-16(21)9-19-15-5-3-4-13(17)11(15)2/h3-8,19H,9H2,1-2H3,(H,20,21). The van der Waals surface area contributed by atoms with E-state index in [0.717, 1.165) is 11.3 Å². The third kappa shape index (κ3) is 3.95. The molecule has 0 unspecified atom stereocenters. The first kappa shape index (κ1) is 15.3. The van der Waals surface area contributed by atoms with E-state index in [-0.39, 0.29) is 18.3 Å². The number of amides is 1. The minimum atomic E-state index is -0.341. The maximum atomic E-state index is 13.4. The molecule has 0 bridgehead atoms. The van der Waals surface area contributed by atoms with Crippen LogP contribution in [-0.2, 0) is 4.79 Å². The van der Waals surface area contributed by atoms with Crippen LogP contribution < -0.4 is 10.6 Å². The highest BCUT2D eigenvalue weighted by atomic mass is 35.5. The maximum Gasteiger partial charge on any atom is 0.243 e. The molecule has 2 N–H and O–H groups in total. The van der Waals surface area contributed by atoms with Crippen molar-refractivity contribution in [1.82, 2.24) is 0 Å². The molecule has 2 rings (SSSR count). The molecule has 0 saturated heterocycles. The molecule has 0 radical (unpaired) electrons. The summed E-state index contributed by atoms with van der Waals surface area (Å²) in [5, 5.41) is 6.29. The lowest BCUT2D eigenvalue weighted by Gasteiger charge is -2.11. The molecular formula is C16H16ClFN2O. The minimum Gasteiger partial charge on any atom is -0.376 e. The first-order chi connectivity index (χ1) is 9.97. The van der Waals surface area contributed by atoms with Crippen molar-refractivity contribution in [1.29, 1.82) is 0 Å². The number of rotatable bonds is 4. The van der Waals surface area contributed by atoms with Gasteiger partial charge in [0.2, 0.25) is 5.91 Å². The monoisotopic (exact) mass is 306 g/mol. The van der Waals surface area contributed by atoms with Gasteiger partial charge in [0.1, 0.15) is 5.82 Å². The van der Waals surface area contributed by atoms with Gasteiger partial charge in [-0.3, -0.25) is 4.79 Å². The number of halogens is 2. The number of aryl methyl sites for hydroxylation is 1. The molecule has 0 aliphatic carbocycles. The van der Waals surface area contributed by atoms with E-state index in [1.54, 1.807) is 25.1 Å². The molecular weight excluding hydrogens is 291 g/mol. The molecule has 21 heavy (non-hydrogen) atoms. The van der Waals surface area contributed by atoms with E-state index in [2.05, 4.69) is 10.6 Å². The average Bonchev–Trinajstić information content (AvgIpc) is 2.44. The van der Waals surface area contributed by atoms with Crippen LogP contribution in [0.1, 0.15) is 11.1 Å². The van der Waals surface area contributed by atoms with Crippen molar-refractivity contribution in [2.24, 2.45) is 0 Å². The van der Waals surface area contributed by atoms with Gasteiger partial charge < -0.3 is 10.6 Å². The van der Waals surface area contributed by atoms with Crippen LogP contribution in [-0.4, -0.2) is 12.5 Å². The van der Waals surface area contributed by atoms with E-state index in [4.69, 9.17) is 11.6 Å². The zero-order valence-corrected chi connectivity index (χ0v) is 12.6. The number of nitrogens with one attached hydrogen (secondary N) is 2. The Morgan fingerprint density at radius 3 is 2.71 bits per heavy atom. The zero-order chi connectivity index (χ0) is 15.4. The molecule has 1 amide bonds. The van der Waals surface area contributed by atoms with Gasteiger partial charge in [-0.2, -0.15) is 0 Å². The first-order valence-corrected chi connectivity index (χ1v) is 6.90. The Morgan fingerprint density at radius 1 is 1.24 bits per heavy atom. The molecule has 0 aromatic heterocycles. The summed E-state index contributed by atoms with van der Waals surface area (Å²) in [6.07, 6.45) is 0. The van der Waals surface area contributed by atoms with Crippen molar-refractivity contribution in [3.63, 3.8) is 0 Å². The molecule has 110 valence electrons. The van der Waals surface area contributed by atoms with Gasteiger partial charge in [0.05, 0.1) is 6.54 Å². The third-order valence-corrected chi connectivity index (χ3v) is 3.57. The fourth-order valence-electron chi connectivity index (χ4n) is 1.85. The second kappa shape index (κ2) is 6.59. The topological polar surface area (TPSA) is 41.1 Å². The molecule has 0 atom stereocenters. The highest BCUT2D eigenvalue weighted by molar-refractivity contribution is 6.31. The summed E-state index contributed by atoms with van der Waals surface area (Å²) in [4.78, 5) is 11.8. The summed E-state index contributed by atoms with van der Waals surface area (Å²) >= 11 is 6.01. The highest BCUT2D eigenvalue weighted by Crippen LogP contribution is 2.22. The summed E-state index contributed by atoms with van der Waals surface area (Å²) < 4.78 is 13.4. The van der Waals surface area contributed by atoms with Crippen molar-refractivity contribution in [3.8, 4) is 0 Å². The Bertz CT molecular complexity index is 673. The molecule has 0 aliphatic rings. The highest BCUT2D eigenvalue weighted by Gasteiger charge is 2.06. The molecule has 0 aliphatic heterocycles. The van der Waals surface area contributed by atoms with Gasteiger partial charge in [-0.1, -0.05) is 23.7 Å². The van der Waals surface area contributed by atoms with E-state index in [9.17, 15) is 9.18 Å². The second-order valence-corrected chi connectivity index (χ2v) is 5.19. The lowest BCUT2D eigenvalue weighted by molar-refractivity contribution is -0.114. The Kier molecular flexibility index (Phi) is 4.81. The van der Waals surface area contributed by atoms with E-state index in [1.807, 2.05) is 19.1 Å². The van der Waals surface area contributed by atoms with Crippen LogP contribution in [0, 0.1) is 19.7 Å². The van der Waals surface area contributed by atoms with Crippen LogP contribution in [0.3, 0.4) is 0 Å². The average molecular weight is 307 g/mol. The normalized spacial score (nSPS) is 10.3. The van der Waals surface area contributed by atoms with Gasteiger partial charge in [0, 0.05) is 16.4 Å². The number of benzene rings is 2. The van der Waals surface area contributed by atoms with Crippen molar-refractivity contribution in [2.75, 3.05) is 17.2 Å². The third-order valence-electron chi connectivity index (χ3n) is 3.16. The van der Waals surface area contributed by atoms with Gasteiger partial charge >= 0.3 is 0 Å². The van der Waals surface area contributed by atoms with E-state index in [1.165, 1.54) is 6.07 Å². The van der Waals surface area contributed by atoms with E-state index >= 15 is 0 Å². The summed E-state index contributed by atoms with van der Waals surface area (Å²) in [6, 6.07) is 10.0.